The number of carbonyl (C=O) groups is 2. The van der Waals surface area contributed by atoms with Crippen molar-refractivity contribution in [2.75, 3.05) is 10.6 Å². The van der Waals surface area contributed by atoms with Crippen molar-refractivity contribution < 1.29 is 14.0 Å². The second-order valence-electron chi connectivity index (χ2n) is 6.41. The van der Waals surface area contributed by atoms with Gasteiger partial charge in [0, 0.05) is 41.3 Å². The fraction of sp³-hybridized carbons (Fsp3) is 0.0455. The molecule has 4 rings (SSSR count). The fourth-order valence-electron chi connectivity index (χ4n) is 2.70. The molecule has 0 atom stereocenters. The molecule has 0 aliphatic carbocycles. The third kappa shape index (κ3) is 4.61. The quantitative estimate of drug-likeness (QED) is 0.475. The Balaban J connectivity index is 1.40. The van der Waals surface area contributed by atoms with Crippen molar-refractivity contribution in [3.8, 4) is 0 Å². The predicted octanol–water partition coefficient (Wildman–Crippen LogP) is 4.67. The largest absolute Gasteiger partial charge is 0.459 e. The van der Waals surface area contributed by atoms with Gasteiger partial charge >= 0.3 is 0 Å². The van der Waals surface area contributed by atoms with E-state index in [2.05, 4.69) is 15.6 Å². The highest BCUT2D eigenvalue weighted by Gasteiger charge is 2.11. The van der Waals surface area contributed by atoms with Crippen LogP contribution in [-0.2, 0) is 7.05 Å². The fourth-order valence-corrected chi connectivity index (χ4v) is 3.51. The van der Waals surface area contributed by atoms with E-state index in [0.717, 1.165) is 10.1 Å². The lowest BCUT2D eigenvalue weighted by Gasteiger charge is -2.08. The number of nitrogens with zero attached hydrogens (tertiary/aromatic N) is 2. The lowest BCUT2D eigenvalue weighted by atomic mass is 10.1. The maximum atomic E-state index is 12.6. The Labute approximate surface area is 177 Å². The molecule has 0 saturated heterocycles. The zero-order valence-electron chi connectivity index (χ0n) is 16.0. The molecule has 4 aromatic rings. The number of benzene rings is 2. The van der Waals surface area contributed by atoms with Crippen molar-refractivity contribution in [3.05, 3.63) is 90.6 Å². The van der Waals surface area contributed by atoms with Gasteiger partial charge in [0.15, 0.2) is 10.9 Å². The lowest BCUT2D eigenvalue weighted by molar-refractivity contribution is 0.0993. The molecule has 0 aliphatic heterocycles. The molecule has 0 unspecified atom stereocenters. The van der Waals surface area contributed by atoms with Crippen LogP contribution in [0.1, 0.15) is 20.9 Å². The molecule has 150 valence electrons. The van der Waals surface area contributed by atoms with Gasteiger partial charge in [-0.05, 0) is 54.6 Å². The second-order valence-corrected chi connectivity index (χ2v) is 7.45. The third-order valence-electron chi connectivity index (χ3n) is 4.23. The summed E-state index contributed by atoms with van der Waals surface area (Å²) in [7, 11) is 1.94. The molecule has 7 nitrogen and oxygen atoms in total. The van der Waals surface area contributed by atoms with E-state index in [9.17, 15) is 9.59 Å². The Morgan fingerprint density at radius 3 is 2.47 bits per heavy atom. The Bertz CT molecular complexity index is 1170. The molecule has 0 saturated carbocycles. The van der Waals surface area contributed by atoms with Crippen LogP contribution in [0.3, 0.4) is 0 Å². The standard InChI is InChI=1S/C22H18N4O3S/c1-26-12-11-23-22(26)30-18-9-7-16(8-10-18)24-20(27)15-4-2-5-17(14-15)25-21(28)19-6-3-13-29-19/h2-14H,1H3,(H,24,27)(H,25,28). The van der Waals surface area contributed by atoms with Crippen LogP contribution in [0.25, 0.3) is 0 Å². The highest BCUT2D eigenvalue weighted by molar-refractivity contribution is 7.99. The Kier molecular flexibility index (Phi) is 5.67. The molecule has 2 amide bonds. The van der Waals surface area contributed by atoms with E-state index < -0.39 is 0 Å². The number of imidazole rings is 1. The van der Waals surface area contributed by atoms with E-state index in [0.29, 0.717) is 16.9 Å². The maximum Gasteiger partial charge on any atom is 0.291 e. The van der Waals surface area contributed by atoms with E-state index in [1.54, 1.807) is 54.4 Å². The van der Waals surface area contributed by atoms with E-state index in [-0.39, 0.29) is 17.6 Å². The van der Waals surface area contributed by atoms with Crippen molar-refractivity contribution in [1.29, 1.82) is 0 Å². The van der Waals surface area contributed by atoms with Gasteiger partial charge in [0.05, 0.1) is 6.26 Å². The first-order valence-corrected chi connectivity index (χ1v) is 9.92. The molecule has 0 radical (unpaired) electrons. The highest BCUT2D eigenvalue weighted by Crippen LogP contribution is 2.27. The van der Waals surface area contributed by atoms with Crippen LogP contribution in [-0.4, -0.2) is 21.4 Å². The number of hydrogen-bond acceptors (Lipinski definition) is 5. The zero-order chi connectivity index (χ0) is 20.9. The van der Waals surface area contributed by atoms with Crippen LogP contribution in [0.4, 0.5) is 11.4 Å². The molecule has 30 heavy (non-hydrogen) atoms. The van der Waals surface area contributed by atoms with Crippen molar-refractivity contribution >= 4 is 35.0 Å². The summed E-state index contributed by atoms with van der Waals surface area (Å²) in [5, 5.41) is 6.47. The highest BCUT2D eigenvalue weighted by atomic mass is 32.2. The van der Waals surface area contributed by atoms with Gasteiger partial charge in [-0.3, -0.25) is 9.59 Å². The molecule has 2 aromatic carbocycles. The molecule has 0 fully saturated rings. The first-order valence-electron chi connectivity index (χ1n) is 9.10. The van der Waals surface area contributed by atoms with Crippen LogP contribution >= 0.6 is 11.8 Å². The van der Waals surface area contributed by atoms with Gasteiger partial charge in [0.25, 0.3) is 11.8 Å². The number of nitrogens with one attached hydrogen (secondary N) is 2. The minimum absolute atomic E-state index is 0.202. The van der Waals surface area contributed by atoms with E-state index in [1.807, 2.05) is 42.1 Å². The first-order chi connectivity index (χ1) is 14.6. The maximum absolute atomic E-state index is 12.6. The number of anilines is 2. The average molecular weight is 418 g/mol. The van der Waals surface area contributed by atoms with E-state index in [1.165, 1.54) is 6.26 Å². The van der Waals surface area contributed by atoms with Crippen LogP contribution in [0.15, 0.2) is 93.8 Å². The second kappa shape index (κ2) is 8.71. The van der Waals surface area contributed by atoms with Crippen LogP contribution in [0.2, 0.25) is 0 Å². The minimum atomic E-state index is -0.377. The third-order valence-corrected chi connectivity index (χ3v) is 5.31. The summed E-state index contributed by atoms with van der Waals surface area (Å²) < 4.78 is 7.02. The molecule has 0 bridgehead atoms. The number of hydrogen-bond donors (Lipinski definition) is 2. The smallest absolute Gasteiger partial charge is 0.291 e. The number of carbonyl (C=O) groups excluding carboxylic acids is 2. The van der Waals surface area contributed by atoms with Gasteiger partial charge in [-0.25, -0.2) is 4.98 Å². The molecule has 2 N–H and O–H groups in total. The van der Waals surface area contributed by atoms with E-state index in [4.69, 9.17) is 4.42 Å². The van der Waals surface area contributed by atoms with Crippen molar-refractivity contribution in [3.63, 3.8) is 0 Å². The Morgan fingerprint density at radius 1 is 0.967 bits per heavy atom. The van der Waals surface area contributed by atoms with Crippen LogP contribution in [0, 0.1) is 0 Å². The van der Waals surface area contributed by atoms with Gasteiger partial charge in [0.1, 0.15) is 0 Å². The van der Waals surface area contributed by atoms with Gasteiger partial charge < -0.3 is 19.6 Å². The van der Waals surface area contributed by atoms with Gasteiger partial charge in [-0.1, -0.05) is 17.8 Å². The predicted molar refractivity (Wildman–Crippen MR) is 115 cm³/mol. The number of rotatable bonds is 6. The van der Waals surface area contributed by atoms with Crippen LogP contribution in [0.5, 0.6) is 0 Å². The number of furan rings is 1. The molecular weight excluding hydrogens is 400 g/mol. The summed E-state index contributed by atoms with van der Waals surface area (Å²) in [6, 6.07) is 17.5. The summed E-state index contributed by atoms with van der Waals surface area (Å²) in [4.78, 5) is 30.0. The van der Waals surface area contributed by atoms with Gasteiger partial charge in [-0.2, -0.15) is 0 Å². The summed E-state index contributed by atoms with van der Waals surface area (Å²) in [5.41, 5.74) is 1.61. The summed E-state index contributed by atoms with van der Waals surface area (Å²) >= 11 is 1.54. The van der Waals surface area contributed by atoms with E-state index >= 15 is 0 Å². The summed E-state index contributed by atoms with van der Waals surface area (Å²) in [5.74, 6) is -0.444. The molecule has 8 heteroatoms. The van der Waals surface area contributed by atoms with Gasteiger partial charge in [-0.15, -0.1) is 0 Å². The molecule has 0 aliphatic rings. The Hall–Kier alpha value is -3.78. The normalized spacial score (nSPS) is 10.6. The average Bonchev–Trinajstić information content (AvgIpc) is 3.42. The van der Waals surface area contributed by atoms with Crippen molar-refractivity contribution in [2.24, 2.45) is 7.05 Å². The molecule has 0 spiro atoms. The lowest BCUT2D eigenvalue weighted by Crippen LogP contribution is -2.14. The van der Waals surface area contributed by atoms with Crippen molar-refractivity contribution in [1.82, 2.24) is 9.55 Å². The molecular formula is C22H18N4O3S. The zero-order valence-corrected chi connectivity index (χ0v) is 16.8. The van der Waals surface area contributed by atoms with Crippen molar-refractivity contribution in [2.45, 2.75) is 10.1 Å². The summed E-state index contributed by atoms with van der Waals surface area (Å²) in [6.07, 6.45) is 5.07. The number of aromatic nitrogens is 2. The topological polar surface area (TPSA) is 89.2 Å². The van der Waals surface area contributed by atoms with Crippen LogP contribution < -0.4 is 10.6 Å². The minimum Gasteiger partial charge on any atom is -0.459 e. The summed E-state index contributed by atoms with van der Waals surface area (Å²) in [6.45, 7) is 0. The Morgan fingerprint density at radius 2 is 1.77 bits per heavy atom. The SMILES string of the molecule is Cn1ccnc1Sc1ccc(NC(=O)c2cccc(NC(=O)c3ccco3)c2)cc1. The first kappa shape index (κ1) is 19.5. The monoisotopic (exact) mass is 418 g/mol. The molecule has 2 aromatic heterocycles. The number of aryl methyl sites for hydroxylation is 1. The molecule has 2 heterocycles. The van der Waals surface area contributed by atoms with Gasteiger partial charge in [0.2, 0.25) is 0 Å². The number of amides is 2.